The van der Waals surface area contributed by atoms with E-state index in [1.54, 1.807) is 12.1 Å². The summed E-state index contributed by atoms with van der Waals surface area (Å²) in [6, 6.07) is 5.45. The van der Waals surface area contributed by atoms with Crippen LogP contribution in [0.4, 0.5) is 0 Å². The largest absolute Gasteiger partial charge is 0.417 e. The normalized spacial score (nSPS) is 11.3. The van der Waals surface area contributed by atoms with Gasteiger partial charge in [-0.1, -0.05) is 19.9 Å². The molecule has 0 unspecified atom stereocenters. The molecule has 0 radical (unpaired) electrons. The number of hydrogen-bond acceptors (Lipinski definition) is 5. The molecule has 2 N–H and O–H groups in total. The second-order valence-electron chi connectivity index (χ2n) is 5.73. The Labute approximate surface area is 136 Å². The second kappa shape index (κ2) is 6.37. The highest BCUT2D eigenvalue weighted by molar-refractivity contribution is 7.09. The lowest BCUT2D eigenvalue weighted by molar-refractivity contribution is -0.121. The van der Waals surface area contributed by atoms with Crippen molar-refractivity contribution in [2.45, 2.75) is 26.8 Å². The van der Waals surface area contributed by atoms with Crippen LogP contribution in [-0.4, -0.2) is 15.9 Å². The molecule has 1 aromatic carbocycles. The van der Waals surface area contributed by atoms with E-state index >= 15 is 0 Å². The van der Waals surface area contributed by atoms with E-state index in [2.05, 4.69) is 15.3 Å². The summed E-state index contributed by atoms with van der Waals surface area (Å²) < 4.78 is 5.06. The first-order valence-corrected chi connectivity index (χ1v) is 8.23. The fourth-order valence-electron chi connectivity index (χ4n) is 2.25. The Morgan fingerprint density at radius 3 is 3.04 bits per heavy atom. The minimum absolute atomic E-state index is 0.0345. The van der Waals surface area contributed by atoms with Gasteiger partial charge in [0.05, 0.1) is 17.8 Å². The lowest BCUT2D eigenvalue weighted by Crippen LogP contribution is -2.23. The number of amides is 1. The molecule has 0 saturated carbocycles. The average molecular weight is 331 g/mol. The maximum Gasteiger partial charge on any atom is 0.417 e. The zero-order chi connectivity index (χ0) is 16.4. The Kier molecular flexibility index (Phi) is 4.29. The Hall–Kier alpha value is -2.41. The monoisotopic (exact) mass is 331 g/mol. The highest BCUT2D eigenvalue weighted by atomic mass is 32.1. The maximum atomic E-state index is 11.7. The van der Waals surface area contributed by atoms with Crippen LogP contribution in [0.5, 0.6) is 0 Å². The molecule has 0 atom stereocenters. The maximum absolute atomic E-state index is 11.7. The predicted molar refractivity (Wildman–Crippen MR) is 89.2 cm³/mol. The van der Waals surface area contributed by atoms with Gasteiger partial charge >= 0.3 is 5.76 Å². The van der Waals surface area contributed by atoms with Gasteiger partial charge in [-0.25, -0.2) is 9.78 Å². The van der Waals surface area contributed by atoms with Crippen molar-refractivity contribution in [3.63, 3.8) is 0 Å². The van der Waals surface area contributed by atoms with E-state index in [1.807, 2.05) is 25.3 Å². The summed E-state index contributed by atoms with van der Waals surface area (Å²) in [5.74, 6) is -0.0964. The molecule has 0 aliphatic heterocycles. The summed E-state index contributed by atoms with van der Waals surface area (Å²) in [4.78, 5) is 30.0. The van der Waals surface area contributed by atoms with Crippen molar-refractivity contribution in [1.29, 1.82) is 0 Å². The summed E-state index contributed by atoms with van der Waals surface area (Å²) in [5.41, 5.74) is 2.84. The van der Waals surface area contributed by atoms with Gasteiger partial charge in [0, 0.05) is 17.4 Å². The highest BCUT2D eigenvalue weighted by Crippen LogP contribution is 2.24. The molecule has 0 aliphatic rings. The van der Waals surface area contributed by atoms with Crippen LogP contribution in [-0.2, 0) is 11.3 Å². The topological polar surface area (TPSA) is 88.0 Å². The number of hydrogen-bond donors (Lipinski definition) is 2. The van der Waals surface area contributed by atoms with Crippen LogP contribution in [0.1, 0.15) is 25.3 Å². The van der Waals surface area contributed by atoms with Gasteiger partial charge in [-0.05, 0) is 18.1 Å². The number of benzene rings is 1. The van der Waals surface area contributed by atoms with Crippen molar-refractivity contribution in [2.75, 3.05) is 0 Å². The van der Waals surface area contributed by atoms with Crippen molar-refractivity contribution in [2.24, 2.45) is 5.92 Å². The van der Waals surface area contributed by atoms with Gasteiger partial charge in [-0.3, -0.25) is 9.78 Å². The number of H-pyrrole nitrogens is 1. The fraction of sp³-hybridized carbons (Fsp3) is 0.312. The minimum Gasteiger partial charge on any atom is -0.408 e. The molecule has 3 rings (SSSR count). The number of nitrogens with one attached hydrogen (secondary N) is 2. The SMILES string of the molecule is CC(C)CC(=O)NCc1nc(-c2ccc3[nH]c(=O)oc3c2)cs1. The molecule has 0 saturated heterocycles. The number of oxazole rings is 1. The molecule has 2 heterocycles. The molecule has 120 valence electrons. The van der Waals surface area contributed by atoms with E-state index < -0.39 is 5.76 Å². The van der Waals surface area contributed by atoms with Crippen molar-refractivity contribution in [1.82, 2.24) is 15.3 Å². The quantitative estimate of drug-likeness (QED) is 0.752. The van der Waals surface area contributed by atoms with Crippen molar-refractivity contribution >= 4 is 28.3 Å². The summed E-state index contributed by atoms with van der Waals surface area (Å²) in [6.07, 6.45) is 0.515. The first-order chi connectivity index (χ1) is 11.0. The molecule has 0 fully saturated rings. The summed E-state index contributed by atoms with van der Waals surface area (Å²) in [7, 11) is 0. The van der Waals surface area contributed by atoms with Crippen LogP contribution in [0.2, 0.25) is 0 Å². The molecule has 2 aromatic heterocycles. The van der Waals surface area contributed by atoms with Crippen LogP contribution >= 0.6 is 11.3 Å². The van der Waals surface area contributed by atoms with E-state index in [-0.39, 0.29) is 5.91 Å². The van der Waals surface area contributed by atoms with E-state index in [1.165, 1.54) is 11.3 Å². The number of rotatable bonds is 5. The lowest BCUT2D eigenvalue weighted by atomic mass is 10.1. The van der Waals surface area contributed by atoms with Gasteiger partial charge in [-0.2, -0.15) is 0 Å². The first-order valence-electron chi connectivity index (χ1n) is 7.35. The van der Waals surface area contributed by atoms with E-state index in [9.17, 15) is 9.59 Å². The number of carbonyl (C=O) groups excluding carboxylic acids is 1. The van der Waals surface area contributed by atoms with Gasteiger partial charge in [0.2, 0.25) is 5.91 Å². The molecular formula is C16H17N3O3S. The molecule has 23 heavy (non-hydrogen) atoms. The van der Waals surface area contributed by atoms with E-state index in [0.29, 0.717) is 30.0 Å². The third-order valence-corrected chi connectivity index (χ3v) is 4.15. The van der Waals surface area contributed by atoms with Crippen LogP contribution in [0.25, 0.3) is 22.4 Å². The molecular weight excluding hydrogens is 314 g/mol. The van der Waals surface area contributed by atoms with Gasteiger partial charge in [0.1, 0.15) is 5.01 Å². The number of carbonyl (C=O) groups is 1. The van der Waals surface area contributed by atoms with Gasteiger partial charge in [0.25, 0.3) is 0 Å². The number of aromatic amines is 1. The number of aromatic nitrogens is 2. The van der Waals surface area contributed by atoms with E-state index in [4.69, 9.17) is 4.42 Å². The highest BCUT2D eigenvalue weighted by Gasteiger charge is 2.09. The zero-order valence-electron chi connectivity index (χ0n) is 12.9. The van der Waals surface area contributed by atoms with Crippen molar-refractivity contribution < 1.29 is 9.21 Å². The number of fused-ring (bicyclic) bond motifs is 1. The van der Waals surface area contributed by atoms with Gasteiger partial charge in [-0.15, -0.1) is 11.3 Å². The third-order valence-electron chi connectivity index (χ3n) is 3.30. The Balaban J connectivity index is 1.72. The first kappa shape index (κ1) is 15.5. The summed E-state index contributed by atoms with van der Waals surface area (Å²) in [6.45, 7) is 4.45. The van der Waals surface area contributed by atoms with Crippen LogP contribution in [0.3, 0.4) is 0 Å². The van der Waals surface area contributed by atoms with E-state index in [0.717, 1.165) is 16.3 Å². The average Bonchev–Trinajstić information content (AvgIpc) is 3.08. The van der Waals surface area contributed by atoms with Gasteiger partial charge < -0.3 is 9.73 Å². The summed E-state index contributed by atoms with van der Waals surface area (Å²) in [5, 5.41) is 5.64. The summed E-state index contributed by atoms with van der Waals surface area (Å²) >= 11 is 1.49. The predicted octanol–water partition coefficient (Wildman–Crippen LogP) is 2.91. The molecule has 7 heteroatoms. The molecule has 6 nitrogen and oxygen atoms in total. The van der Waals surface area contributed by atoms with Crippen LogP contribution < -0.4 is 11.1 Å². The third kappa shape index (κ3) is 3.68. The zero-order valence-corrected chi connectivity index (χ0v) is 13.7. The Morgan fingerprint density at radius 2 is 2.26 bits per heavy atom. The number of thiazole rings is 1. The second-order valence-corrected chi connectivity index (χ2v) is 6.67. The fourth-order valence-corrected chi connectivity index (χ4v) is 2.99. The van der Waals surface area contributed by atoms with Crippen LogP contribution in [0.15, 0.2) is 32.8 Å². The molecule has 0 aliphatic carbocycles. The van der Waals surface area contributed by atoms with Gasteiger partial charge in [0.15, 0.2) is 5.58 Å². The number of nitrogens with zero attached hydrogens (tertiary/aromatic N) is 1. The molecule has 0 bridgehead atoms. The Morgan fingerprint density at radius 1 is 1.43 bits per heavy atom. The standard InChI is InChI=1S/C16H17N3O3S/c1-9(2)5-14(20)17-7-15-18-12(8-23-15)10-3-4-11-13(6-10)22-16(21)19-11/h3-4,6,8-9H,5,7H2,1-2H3,(H,17,20)(H,19,21). The molecule has 1 amide bonds. The molecule has 0 spiro atoms. The lowest BCUT2D eigenvalue weighted by Gasteiger charge is -2.05. The van der Waals surface area contributed by atoms with Crippen molar-refractivity contribution in [3.8, 4) is 11.3 Å². The smallest absolute Gasteiger partial charge is 0.408 e. The Bertz CT molecular complexity index is 891. The van der Waals surface area contributed by atoms with Crippen LogP contribution in [0, 0.1) is 5.92 Å². The minimum atomic E-state index is -0.469. The molecule has 3 aromatic rings. The van der Waals surface area contributed by atoms with Crippen molar-refractivity contribution in [3.05, 3.63) is 39.1 Å².